The largest absolute Gasteiger partial charge is 0.495 e. The van der Waals surface area contributed by atoms with E-state index in [1.54, 1.807) is 24.3 Å². The number of rotatable bonds is 6. The van der Waals surface area contributed by atoms with Crippen LogP contribution in [0.1, 0.15) is 21.5 Å². The predicted octanol–water partition coefficient (Wildman–Crippen LogP) is 5.22. The molecule has 0 saturated heterocycles. The van der Waals surface area contributed by atoms with Gasteiger partial charge in [0, 0.05) is 10.9 Å². The van der Waals surface area contributed by atoms with Crippen molar-refractivity contribution < 1.29 is 23.1 Å². The molecule has 34 heavy (non-hydrogen) atoms. The number of nitrogens with one attached hydrogen (secondary N) is 2. The molecule has 1 heterocycles. The van der Waals surface area contributed by atoms with Crippen LogP contribution in [0.15, 0.2) is 75.8 Å². The summed E-state index contributed by atoms with van der Waals surface area (Å²) in [4.78, 5) is 15.4. The van der Waals surface area contributed by atoms with Gasteiger partial charge in [0.25, 0.3) is 15.9 Å². The fourth-order valence-corrected chi connectivity index (χ4v) is 4.72. The third kappa shape index (κ3) is 4.48. The van der Waals surface area contributed by atoms with E-state index < -0.39 is 15.9 Å². The SMILES string of the molecule is COc1ccccc1NS(=O)(=O)c1cccc(C(=O)N=Nc2c(O)[nH]c3c(C)cc(C)cc23)c1. The molecule has 0 radical (unpaired) electrons. The highest BCUT2D eigenvalue weighted by atomic mass is 32.2. The lowest BCUT2D eigenvalue weighted by molar-refractivity contribution is 0.0995. The zero-order valence-electron chi connectivity index (χ0n) is 18.7. The molecule has 174 valence electrons. The number of benzene rings is 3. The number of methoxy groups -OCH3 is 1. The summed E-state index contributed by atoms with van der Waals surface area (Å²) in [5.74, 6) is -0.610. The van der Waals surface area contributed by atoms with Crippen molar-refractivity contribution in [3.63, 3.8) is 0 Å². The van der Waals surface area contributed by atoms with Gasteiger partial charge >= 0.3 is 0 Å². The summed E-state index contributed by atoms with van der Waals surface area (Å²) in [6, 6.07) is 15.8. The first-order valence-corrected chi connectivity index (χ1v) is 11.7. The van der Waals surface area contributed by atoms with Gasteiger partial charge in [0.15, 0.2) is 5.69 Å². The maximum absolute atomic E-state index is 12.9. The summed E-state index contributed by atoms with van der Waals surface area (Å²) >= 11 is 0. The highest BCUT2D eigenvalue weighted by molar-refractivity contribution is 7.92. The molecule has 1 amide bonds. The summed E-state index contributed by atoms with van der Waals surface area (Å²) in [7, 11) is -2.57. The van der Waals surface area contributed by atoms with Crippen molar-refractivity contribution in [2.75, 3.05) is 11.8 Å². The molecule has 0 unspecified atom stereocenters. The van der Waals surface area contributed by atoms with Gasteiger partial charge in [0.1, 0.15) is 5.75 Å². The van der Waals surface area contributed by atoms with Gasteiger partial charge in [-0.3, -0.25) is 9.52 Å². The Labute approximate surface area is 196 Å². The molecule has 0 saturated carbocycles. The molecular formula is C24H22N4O5S. The maximum Gasteiger partial charge on any atom is 0.295 e. The van der Waals surface area contributed by atoms with Crippen molar-refractivity contribution in [3.05, 3.63) is 77.4 Å². The van der Waals surface area contributed by atoms with Crippen LogP contribution in [0.25, 0.3) is 10.9 Å². The number of nitrogens with zero attached hydrogens (tertiary/aromatic N) is 2. The smallest absolute Gasteiger partial charge is 0.295 e. The molecular weight excluding hydrogens is 456 g/mol. The van der Waals surface area contributed by atoms with E-state index in [0.717, 1.165) is 11.1 Å². The second-order valence-corrected chi connectivity index (χ2v) is 9.35. The van der Waals surface area contributed by atoms with Gasteiger partial charge in [-0.25, -0.2) is 8.42 Å². The number of fused-ring (bicyclic) bond motifs is 1. The standard InChI is InChI=1S/C24H22N4O5S/c1-14-11-15(2)21-18(12-14)22(24(30)25-21)26-27-23(29)16-7-6-8-17(13-16)34(31,32)28-19-9-4-5-10-20(19)33-3/h4-13,25,28,30H,1-3H3. The van der Waals surface area contributed by atoms with Crippen molar-refractivity contribution >= 4 is 38.2 Å². The van der Waals surface area contributed by atoms with Gasteiger partial charge < -0.3 is 14.8 Å². The highest BCUT2D eigenvalue weighted by Gasteiger charge is 2.19. The van der Waals surface area contributed by atoms with Crippen LogP contribution in [0, 0.1) is 13.8 Å². The molecule has 3 N–H and O–H groups in total. The molecule has 10 heteroatoms. The molecule has 0 aliphatic carbocycles. The van der Waals surface area contributed by atoms with Gasteiger partial charge in [0.2, 0.25) is 5.88 Å². The van der Waals surface area contributed by atoms with E-state index in [2.05, 4.69) is 19.9 Å². The van der Waals surface area contributed by atoms with Crippen molar-refractivity contribution in [3.8, 4) is 11.6 Å². The van der Waals surface area contributed by atoms with E-state index >= 15 is 0 Å². The molecule has 0 aliphatic heterocycles. The second kappa shape index (κ2) is 8.99. The Kier molecular flexibility index (Phi) is 6.08. The summed E-state index contributed by atoms with van der Waals surface area (Å²) in [6.07, 6.45) is 0. The number of aromatic amines is 1. The van der Waals surface area contributed by atoms with Gasteiger partial charge in [-0.15, -0.1) is 10.2 Å². The van der Waals surface area contributed by atoms with Crippen LogP contribution in [0.4, 0.5) is 11.4 Å². The minimum absolute atomic E-state index is 0.0262. The number of carbonyl (C=O) groups is 1. The lowest BCUT2D eigenvalue weighted by Crippen LogP contribution is -2.14. The van der Waals surface area contributed by atoms with Gasteiger partial charge in [0.05, 0.1) is 23.2 Å². The maximum atomic E-state index is 12.9. The Morgan fingerprint density at radius 1 is 1.06 bits per heavy atom. The van der Waals surface area contributed by atoms with Crippen molar-refractivity contribution in [2.45, 2.75) is 18.7 Å². The first-order valence-electron chi connectivity index (χ1n) is 10.2. The number of ether oxygens (including phenoxy) is 1. The van der Waals surface area contributed by atoms with Crippen LogP contribution >= 0.6 is 0 Å². The fraction of sp³-hybridized carbons (Fsp3) is 0.125. The van der Waals surface area contributed by atoms with Crippen LogP contribution in [-0.2, 0) is 10.0 Å². The topological polar surface area (TPSA) is 133 Å². The Bertz CT molecular complexity index is 1540. The number of aromatic hydroxyl groups is 1. The molecule has 4 aromatic rings. The lowest BCUT2D eigenvalue weighted by Gasteiger charge is -2.11. The molecule has 0 fully saturated rings. The summed E-state index contributed by atoms with van der Waals surface area (Å²) in [5, 5.41) is 18.5. The van der Waals surface area contributed by atoms with E-state index in [0.29, 0.717) is 16.7 Å². The van der Waals surface area contributed by atoms with Gasteiger partial charge in [-0.2, -0.15) is 0 Å². The number of anilines is 1. The van der Waals surface area contributed by atoms with E-state index in [1.807, 2.05) is 26.0 Å². The quantitative estimate of drug-likeness (QED) is 0.327. The van der Waals surface area contributed by atoms with Crippen molar-refractivity contribution in [2.24, 2.45) is 10.2 Å². The molecule has 0 atom stereocenters. The number of carbonyl (C=O) groups excluding carboxylic acids is 1. The average Bonchev–Trinajstić information content (AvgIpc) is 3.13. The molecule has 9 nitrogen and oxygen atoms in total. The van der Waals surface area contributed by atoms with Crippen LogP contribution in [0.2, 0.25) is 0 Å². The van der Waals surface area contributed by atoms with Crippen molar-refractivity contribution in [1.82, 2.24) is 4.98 Å². The van der Waals surface area contributed by atoms with Crippen LogP contribution in [0.3, 0.4) is 0 Å². The number of para-hydroxylation sites is 2. The zero-order chi connectivity index (χ0) is 24.5. The Morgan fingerprint density at radius 3 is 2.59 bits per heavy atom. The minimum atomic E-state index is -4.00. The fourth-order valence-electron chi connectivity index (χ4n) is 3.61. The number of azo groups is 1. The molecule has 1 aromatic heterocycles. The van der Waals surface area contributed by atoms with Gasteiger partial charge in [-0.1, -0.05) is 29.8 Å². The molecule has 0 aliphatic rings. The normalized spacial score (nSPS) is 11.7. The Morgan fingerprint density at radius 2 is 1.82 bits per heavy atom. The van der Waals surface area contributed by atoms with E-state index in [1.165, 1.54) is 31.4 Å². The number of aromatic nitrogens is 1. The summed E-state index contributed by atoms with van der Waals surface area (Å²) < 4.78 is 33.4. The minimum Gasteiger partial charge on any atom is -0.495 e. The molecule has 0 spiro atoms. The monoisotopic (exact) mass is 478 g/mol. The summed E-state index contributed by atoms with van der Waals surface area (Å²) in [6.45, 7) is 3.80. The highest BCUT2D eigenvalue weighted by Crippen LogP contribution is 2.37. The lowest BCUT2D eigenvalue weighted by atomic mass is 10.1. The first kappa shape index (κ1) is 23.0. The number of aryl methyl sites for hydroxylation is 2. The predicted molar refractivity (Wildman–Crippen MR) is 129 cm³/mol. The Hall–Kier alpha value is -4.18. The van der Waals surface area contributed by atoms with E-state index in [-0.39, 0.29) is 27.7 Å². The molecule has 3 aromatic carbocycles. The molecule has 4 rings (SSSR count). The average molecular weight is 479 g/mol. The zero-order valence-corrected chi connectivity index (χ0v) is 19.5. The number of sulfonamides is 1. The number of hydrogen-bond acceptors (Lipinski definition) is 6. The van der Waals surface area contributed by atoms with Gasteiger partial charge in [-0.05, 0) is 55.8 Å². The van der Waals surface area contributed by atoms with E-state index in [9.17, 15) is 18.3 Å². The van der Waals surface area contributed by atoms with Crippen LogP contribution in [-0.4, -0.2) is 31.5 Å². The van der Waals surface area contributed by atoms with E-state index in [4.69, 9.17) is 4.74 Å². The van der Waals surface area contributed by atoms with Crippen LogP contribution < -0.4 is 9.46 Å². The van der Waals surface area contributed by atoms with Crippen LogP contribution in [0.5, 0.6) is 11.6 Å². The number of hydrogen-bond donors (Lipinski definition) is 3. The second-order valence-electron chi connectivity index (χ2n) is 7.67. The molecule has 0 bridgehead atoms. The Balaban J connectivity index is 1.62. The third-order valence-electron chi connectivity index (χ3n) is 5.19. The third-order valence-corrected chi connectivity index (χ3v) is 6.55. The first-order chi connectivity index (χ1) is 16.2. The van der Waals surface area contributed by atoms with Crippen molar-refractivity contribution in [1.29, 1.82) is 0 Å². The number of amides is 1. The number of H-pyrrole nitrogens is 1. The summed E-state index contributed by atoms with van der Waals surface area (Å²) in [5.41, 5.74) is 3.00.